The number of ether oxygens (including phenoxy) is 3. The highest BCUT2D eigenvalue weighted by Gasteiger charge is 2.11. The molecule has 0 aliphatic carbocycles. The molecule has 8 heteroatoms. The molecule has 3 aromatic rings. The number of hydrogen-bond acceptors (Lipinski definition) is 8. The summed E-state index contributed by atoms with van der Waals surface area (Å²) in [4.78, 5) is 13.5. The van der Waals surface area contributed by atoms with Gasteiger partial charge in [-0.05, 0) is 23.9 Å². The maximum atomic E-state index is 5.91. The molecule has 0 saturated heterocycles. The topological polar surface area (TPSA) is 92.4 Å². The Kier molecular flexibility index (Phi) is 5.20. The van der Waals surface area contributed by atoms with Crippen LogP contribution in [0.3, 0.4) is 0 Å². The second kappa shape index (κ2) is 7.71. The maximum Gasteiger partial charge on any atom is 0.220 e. The number of aromatic nitrogens is 3. The smallest absolute Gasteiger partial charge is 0.220 e. The Bertz CT molecular complexity index is 840. The van der Waals surface area contributed by atoms with Gasteiger partial charge in [0.2, 0.25) is 11.8 Å². The summed E-state index contributed by atoms with van der Waals surface area (Å²) in [6, 6.07) is 12.8. The van der Waals surface area contributed by atoms with Crippen LogP contribution < -0.4 is 19.9 Å². The number of anilines is 1. The minimum absolute atomic E-state index is 0.303. The van der Waals surface area contributed by atoms with Gasteiger partial charge in [0.1, 0.15) is 5.75 Å². The van der Waals surface area contributed by atoms with Crippen molar-refractivity contribution in [1.82, 2.24) is 15.0 Å². The third-order valence-electron chi connectivity index (χ3n) is 3.11. The molecule has 2 heterocycles. The van der Waals surface area contributed by atoms with Crippen molar-refractivity contribution in [3.63, 3.8) is 0 Å². The molecule has 0 spiro atoms. The Morgan fingerprint density at radius 2 is 1.64 bits per heavy atom. The van der Waals surface area contributed by atoms with Gasteiger partial charge in [-0.2, -0.15) is 9.97 Å². The molecule has 0 bridgehead atoms. The molecule has 0 atom stereocenters. The van der Waals surface area contributed by atoms with Crippen molar-refractivity contribution >= 4 is 17.6 Å². The molecule has 7 nitrogen and oxygen atoms in total. The third kappa shape index (κ3) is 4.30. The lowest BCUT2D eigenvalue weighted by molar-refractivity contribution is 0.364. The first-order chi connectivity index (χ1) is 12.2. The fraction of sp³-hybridized carbons (Fsp3) is 0.118. The van der Waals surface area contributed by atoms with Crippen LogP contribution in [0.5, 0.6) is 23.3 Å². The minimum Gasteiger partial charge on any atom is -0.481 e. The van der Waals surface area contributed by atoms with Crippen LogP contribution in [-0.2, 0) is 0 Å². The summed E-state index contributed by atoms with van der Waals surface area (Å²) >= 11 is 1.30. The van der Waals surface area contributed by atoms with Gasteiger partial charge in [-0.15, -0.1) is 0 Å². The molecule has 0 amide bonds. The number of hydrogen-bond donors (Lipinski definition) is 1. The van der Waals surface area contributed by atoms with E-state index in [0.717, 1.165) is 4.90 Å². The van der Waals surface area contributed by atoms with Gasteiger partial charge in [-0.25, -0.2) is 4.98 Å². The van der Waals surface area contributed by atoms with Crippen LogP contribution in [0.2, 0.25) is 0 Å². The van der Waals surface area contributed by atoms with Crippen molar-refractivity contribution < 1.29 is 14.2 Å². The standard InChI is InChI=1S/C17H16N4O3S/c1-22-14-9-15(23-2)21-17(20-14)25-12-8-13(16(18)19-10-12)24-11-6-4-3-5-7-11/h3-10H,1-2H3,(H2,18,19). The van der Waals surface area contributed by atoms with Gasteiger partial charge in [0.25, 0.3) is 0 Å². The van der Waals surface area contributed by atoms with Crippen molar-refractivity contribution in [3.05, 3.63) is 48.7 Å². The van der Waals surface area contributed by atoms with Crippen LogP contribution >= 0.6 is 11.8 Å². The number of nitrogens with zero attached hydrogens (tertiary/aromatic N) is 3. The zero-order valence-corrected chi connectivity index (χ0v) is 14.5. The fourth-order valence-electron chi connectivity index (χ4n) is 1.93. The molecule has 0 unspecified atom stereocenters. The van der Waals surface area contributed by atoms with Gasteiger partial charge in [0, 0.05) is 17.2 Å². The summed E-state index contributed by atoms with van der Waals surface area (Å²) in [6.45, 7) is 0. The molecule has 25 heavy (non-hydrogen) atoms. The van der Waals surface area contributed by atoms with Gasteiger partial charge in [-0.3, -0.25) is 0 Å². The van der Waals surface area contributed by atoms with E-state index < -0.39 is 0 Å². The predicted molar refractivity (Wildman–Crippen MR) is 94.4 cm³/mol. The molecule has 2 N–H and O–H groups in total. The number of pyridine rings is 1. The largest absolute Gasteiger partial charge is 0.481 e. The Labute approximate surface area is 149 Å². The SMILES string of the molecule is COc1cc(OC)nc(Sc2cnc(N)c(Oc3ccccc3)c2)n1. The van der Waals surface area contributed by atoms with Crippen LogP contribution in [0.1, 0.15) is 0 Å². The number of para-hydroxylation sites is 1. The van der Waals surface area contributed by atoms with E-state index >= 15 is 0 Å². The number of nitrogen functional groups attached to an aromatic ring is 1. The Balaban J connectivity index is 1.85. The summed E-state index contributed by atoms with van der Waals surface area (Å²) in [5.74, 6) is 2.28. The molecule has 0 radical (unpaired) electrons. The van der Waals surface area contributed by atoms with Crippen molar-refractivity contribution in [2.24, 2.45) is 0 Å². The molecule has 0 aliphatic heterocycles. The van der Waals surface area contributed by atoms with Gasteiger partial charge >= 0.3 is 0 Å². The average molecular weight is 356 g/mol. The Morgan fingerprint density at radius 1 is 0.960 bits per heavy atom. The number of methoxy groups -OCH3 is 2. The van der Waals surface area contributed by atoms with Crippen LogP contribution in [0.15, 0.2) is 58.7 Å². The zero-order valence-electron chi connectivity index (χ0n) is 13.7. The number of rotatable bonds is 6. The number of benzene rings is 1. The Morgan fingerprint density at radius 3 is 2.28 bits per heavy atom. The van der Waals surface area contributed by atoms with Gasteiger partial charge < -0.3 is 19.9 Å². The molecular weight excluding hydrogens is 340 g/mol. The zero-order chi connectivity index (χ0) is 17.6. The quantitative estimate of drug-likeness (QED) is 0.672. The van der Waals surface area contributed by atoms with Crippen molar-refractivity contribution in [2.75, 3.05) is 20.0 Å². The van der Waals surface area contributed by atoms with Crippen molar-refractivity contribution in [3.8, 4) is 23.3 Å². The molecular formula is C17H16N4O3S. The van der Waals surface area contributed by atoms with E-state index in [1.54, 1.807) is 18.3 Å². The van der Waals surface area contributed by atoms with E-state index in [9.17, 15) is 0 Å². The first kappa shape index (κ1) is 16.8. The van der Waals surface area contributed by atoms with Gasteiger partial charge in [0.15, 0.2) is 16.7 Å². The molecule has 128 valence electrons. The maximum absolute atomic E-state index is 5.91. The van der Waals surface area contributed by atoms with Crippen LogP contribution in [0.25, 0.3) is 0 Å². The number of nitrogens with two attached hydrogens (primary N) is 1. The summed E-state index contributed by atoms with van der Waals surface area (Å²) in [5.41, 5.74) is 5.91. The summed E-state index contributed by atoms with van der Waals surface area (Å²) < 4.78 is 16.1. The first-order valence-corrected chi connectivity index (χ1v) is 8.13. The fourth-order valence-corrected chi connectivity index (χ4v) is 2.69. The molecule has 1 aromatic carbocycles. The Hall–Kier alpha value is -3.00. The normalized spacial score (nSPS) is 10.3. The van der Waals surface area contributed by atoms with Crippen LogP contribution in [0, 0.1) is 0 Å². The van der Waals surface area contributed by atoms with Crippen molar-refractivity contribution in [1.29, 1.82) is 0 Å². The van der Waals surface area contributed by atoms with E-state index in [1.165, 1.54) is 26.0 Å². The van der Waals surface area contributed by atoms with E-state index in [4.69, 9.17) is 19.9 Å². The molecule has 3 rings (SSSR count). The molecule has 0 saturated carbocycles. The third-order valence-corrected chi connectivity index (χ3v) is 3.94. The lowest BCUT2D eigenvalue weighted by atomic mass is 10.3. The van der Waals surface area contributed by atoms with Crippen LogP contribution in [-0.4, -0.2) is 29.2 Å². The molecule has 0 fully saturated rings. The lowest BCUT2D eigenvalue weighted by Crippen LogP contribution is -1.97. The van der Waals surface area contributed by atoms with Crippen molar-refractivity contribution in [2.45, 2.75) is 10.1 Å². The van der Waals surface area contributed by atoms with Gasteiger partial charge in [-0.1, -0.05) is 18.2 Å². The van der Waals surface area contributed by atoms with E-state index in [2.05, 4.69) is 15.0 Å². The van der Waals surface area contributed by atoms with E-state index in [1.807, 2.05) is 30.3 Å². The average Bonchev–Trinajstić information content (AvgIpc) is 2.65. The van der Waals surface area contributed by atoms with E-state index in [-0.39, 0.29) is 0 Å². The predicted octanol–water partition coefficient (Wildman–Crippen LogP) is 3.41. The molecule has 0 aliphatic rings. The summed E-state index contributed by atoms with van der Waals surface area (Å²) in [7, 11) is 3.07. The minimum atomic E-state index is 0.303. The van der Waals surface area contributed by atoms with Crippen LogP contribution in [0.4, 0.5) is 5.82 Å². The summed E-state index contributed by atoms with van der Waals surface area (Å²) in [6.07, 6.45) is 1.63. The second-order valence-corrected chi connectivity index (χ2v) is 5.85. The highest BCUT2D eigenvalue weighted by Crippen LogP contribution is 2.33. The summed E-state index contributed by atoms with van der Waals surface area (Å²) in [5, 5.41) is 0.466. The lowest BCUT2D eigenvalue weighted by Gasteiger charge is -2.10. The highest BCUT2D eigenvalue weighted by atomic mass is 32.2. The van der Waals surface area contributed by atoms with Gasteiger partial charge in [0.05, 0.1) is 20.3 Å². The second-order valence-electron chi connectivity index (χ2n) is 4.81. The monoisotopic (exact) mass is 356 g/mol. The van der Waals surface area contributed by atoms with E-state index in [0.29, 0.717) is 34.2 Å². The first-order valence-electron chi connectivity index (χ1n) is 7.31. The highest BCUT2D eigenvalue weighted by molar-refractivity contribution is 7.99. The molecule has 2 aromatic heterocycles.